The maximum atomic E-state index is 13.6. The van der Waals surface area contributed by atoms with E-state index in [1.807, 2.05) is 12.3 Å². The van der Waals surface area contributed by atoms with Crippen molar-refractivity contribution in [2.24, 2.45) is 0 Å². The van der Waals surface area contributed by atoms with Gasteiger partial charge in [0.05, 0.1) is 11.4 Å². The fourth-order valence-electron chi connectivity index (χ4n) is 1.39. The monoisotopic (exact) mass is 237 g/mol. The van der Waals surface area contributed by atoms with Crippen LogP contribution < -0.4 is 10.6 Å². The normalized spacial score (nSPS) is 10.4. The van der Waals surface area contributed by atoms with Gasteiger partial charge >= 0.3 is 0 Å². The van der Waals surface area contributed by atoms with Gasteiger partial charge in [-0.1, -0.05) is 0 Å². The van der Waals surface area contributed by atoms with Gasteiger partial charge in [0.15, 0.2) is 5.13 Å². The highest BCUT2D eigenvalue weighted by Crippen LogP contribution is 2.29. The number of hydrogen-bond acceptors (Lipinski definition) is 4. The predicted octanol–water partition coefficient (Wildman–Crippen LogP) is 2.94. The first-order valence-electron chi connectivity index (χ1n) is 4.79. The molecule has 1 aromatic heterocycles. The molecule has 2 aromatic rings. The van der Waals surface area contributed by atoms with E-state index in [9.17, 15) is 4.39 Å². The van der Waals surface area contributed by atoms with E-state index in [2.05, 4.69) is 4.98 Å². The number of rotatable bonds is 2. The summed E-state index contributed by atoms with van der Waals surface area (Å²) in [6.45, 7) is 1.91. The van der Waals surface area contributed by atoms with Gasteiger partial charge < -0.3 is 10.6 Å². The van der Waals surface area contributed by atoms with Crippen LogP contribution in [0.3, 0.4) is 0 Å². The van der Waals surface area contributed by atoms with E-state index in [-0.39, 0.29) is 5.82 Å². The van der Waals surface area contributed by atoms with Gasteiger partial charge in [-0.2, -0.15) is 0 Å². The van der Waals surface area contributed by atoms with Crippen molar-refractivity contribution < 1.29 is 4.39 Å². The summed E-state index contributed by atoms with van der Waals surface area (Å²) in [5.74, 6) is -0.338. The molecule has 1 aromatic carbocycles. The van der Waals surface area contributed by atoms with Crippen LogP contribution in [-0.2, 0) is 0 Å². The smallest absolute Gasteiger partial charge is 0.189 e. The summed E-state index contributed by atoms with van der Waals surface area (Å²) in [6, 6.07) is 4.64. The number of nitrogens with two attached hydrogens (primary N) is 1. The van der Waals surface area contributed by atoms with Gasteiger partial charge in [-0.3, -0.25) is 0 Å². The Bertz CT molecular complexity index is 510. The Morgan fingerprint density at radius 1 is 1.44 bits per heavy atom. The Labute approximate surface area is 97.3 Å². The highest BCUT2D eigenvalue weighted by atomic mass is 32.1. The zero-order chi connectivity index (χ0) is 11.7. The van der Waals surface area contributed by atoms with E-state index in [0.29, 0.717) is 11.4 Å². The fourth-order valence-corrected chi connectivity index (χ4v) is 2.18. The van der Waals surface area contributed by atoms with E-state index < -0.39 is 0 Å². The van der Waals surface area contributed by atoms with Crippen molar-refractivity contribution in [3.05, 3.63) is 35.1 Å². The van der Waals surface area contributed by atoms with Gasteiger partial charge in [0.2, 0.25) is 0 Å². The molecule has 0 unspecified atom stereocenters. The molecule has 2 rings (SSSR count). The number of nitrogen functional groups attached to an aromatic ring is 1. The molecule has 1 heterocycles. The SMILES string of the molecule is Cc1csc(N(C)c2ccc(N)cc2F)n1. The van der Waals surface area contributed by atoms with Crippen LogP contribution in [0.2, 0.25) is 0 Å². The number of hydrogen-bond donors (Lipinski definition) is 1. The summed E-state index contributed by atoms with van der Waals surface area (Å²) in [4.78, 5) is 6.01. The van der Waals surface area contributed by atoms with Gasteiger partial charge in [-0.05, 0) is 25.1 Å². The largest absolute Gasteiger partial charge is 0.399 e. The van der Waals surface area contributed by atoms with Gasteiger partial charge in [0.1, 0.15) is 5.82 Å². The van der Waals surface area contributed by atoms with E-state index in [1.165, 1.54) is 17.4 Å². The fraction of sp³-hybridized carbons (Fsp3) is 0.182. The number of aromatic nitrogens is 1. The maximum Gasteiger partial charge on any atom is 0.189 e. The zero-order valence-electron chi connectivity index (χ0n) is 9.07. The van der Waals surface area contributed by atoms with Gasteiger partial charge in [-0.25, -0.2) is 9.37 Å². The second kappa shape index (κ2) is 4.09. The molecule has 0 saturated carbocycles. The molecule has 0 aliphatic carbocycles. The van der Waals surface area contributed by atoms with Crippen LogP contribution in [0.1, 0.15) is 5.69 Å². The first kappa shape index (κ1) is 10.9. The summed E-state index contributed by atoms with van der Waals surface area (Å²) in [7, 11) is 1.78. The Hall–Kier alpha value is -1.62. The lowest BCUT2D eigenvalue weighted by Crippen LogP contribution is -2.11. The third-order valence-corrected chi connectivity index (χ3v) is 3.26. The van der Waals surface area contributed by atoms with Crippen LogP contribution in [0.5, 0.6) is 0 Å². The van der Waals surface area contributed by atoms with E-state index in [0.717, 1.165) is 10.8 Å². The minimum Gasteiger partial charge on any atom is -0.399 e. The van der Waals surface area contributed by atoms with Crippen molar-refractivity contribution >= 4 is 27.8 Å². The number of thiazole rings is 1. The van der Waals surface area contributed by atoms with Crippen molar-refractivity contribution in [1.82, 2.24) is 4.98 Å². The highest BCUT2D eigenvalue weighted by molar-refractivity contribution is 7.13. The van der Waals surface area contributed by atoms with Gasteiger partial charge in [0, 0.05) is 18.1 Å². The molecule has 0 radical (unpaired) electrons. The molecular formula is C11H12FN3S. The van der Waals surface area contributed by atoms with Crippen molar-refractivity contribution in [3.8, 4) is 0 Å². The van der Waals surface area contributed by atoms with Crippen molar-refractivity contribution in [2.75, 3.05) is 17.7 Å². The van der Waals surface area contributed by atoms with Crippen LogP contribution >= 0.6 is 11.3 Å². The van der Waals surface area contributed by atoms with Crippen molar-refractivity contribution in [2.45, 2.75) is 6.92 Å². The molecule has 84 valence electrons. The third-order valence-electron chi connectivity index (χ3n) is 2.23. The quantitative estimate of drug-likeness (QED) is 0.816. The minimum absolute atomic E-state index is 0.338. The number of aryl methyl sites for hydroxylation is 1. The van der Waals surface area contributed by atoms with E-state index >= 15 is 0 Å². The molecule has 0 aliphatic heterocycles. The summed E-state index contributed by atoms with van der Waals surface area (Å²) in [5.41, 5.74) is 7.33. The number of halogens is 1. The number of anilines is 3. The van der Waals surface area contributed by atoms with Crippen LogP contribution in [0.25, 0.3) is 0 Å². The number of benzene rings is 1. The second-order valence-corrected chi connectivity index (χ2v) is 4.38. The van der Waals surface area contributed by atoms with E-state index in [4.69, 9.17) is 5.73 Å². The summed E-state index contributed by atoms with van der Waals surface area (Å²) in [5, 5.41) is 2.70. The molecule has 3 nitrogen and oxygen atoms in total. The lowest BCUT2D eigenvalue weighted by molar-refractivity contribution is 0.628. The molecule has 16 heavy (non-hydrogen) atoms. The molecular weight excluding hydrogens is 225 g/mol. The van der Waals surface area contributed by atoms with Crippen LogP contribution in [-0.4, -0.2) is 12.0 Å². The van der Waals surface area contributed by atoms with Crippen LogP contribution in [0, 0.1) is 12.7 Å². The Morgan fingerprint density at radius 2 is 2.19 bits per heavy atom. The predicted molar refractivity (Wildman–Crippen MR) is 65.7 cm³/mol. The molecule has 0 spiro atoms. The molecule has 0 saturated heterocycles. The lowest BCUT2D eigenvalue weighted by Gasteiger charge is -2.16. The highest BCUT2D eigenvalue weighted by Gasteiger charge is 2.12. The molecule has 0 fully saturated rings. The number of nitrogens with zero attached hydrogens (tertiary/aromatic N) is 2. The second-order valence-electron chi connectivity index (χ2n) is 3.54. The minimum atomic E-state index is -0.338. The van der Waals surface area contributed by atoms with Crippen molar-refractivity contribution in [1.29, 1.82) is 0 Å². The first-order chi connectivity index (χ1) is 7.58. The molecule has 0 amide bonds. The van der Waals surface area contributed by atoms with E-state index in [1.54, 1.807) is 24.1 Å². The van der Waals surface area contributed by atoms with Crippen molar-refractivity contribution in [3.63, 3.8) is 0 Å². The molecule has 0 atom stereocenters. The average Bonchev–Trinajstić information content (AvgIpc) is 2.64. The summed E-state index contributed by atoms with van der Waals surface area (Å²) >= 11 is 1.48. The Morgan fingerprint density at radius 3 is 2.75 bits per heavy atom. The first-order valence-corrected chi connectivity index (χ1v) is 5.67. The summed E-state index contributed by atoms with van der Waals surface area (Å²) < 4.78 is 13.6. The molecule has 0 bridgehead atoms. The van der Waals surface area contributed by atoms with Gasteiger partial charge in [-0.15, -0.1) is 11.3 Å². The van der Waals surface area contributed by atoms with Gasteiger partial charge in [0.25, 0.3) is 0 Å². The lowest BCUT2D eigenvalue weighted by atomic mass is 10.2. The average molecular weight is 237 g/mol. The zero-order valence-corrected chi connectivity index (χ0v) is 9.88. The van der Waals surface area contributed by atoms with Crippen LogP contribution in [0.4, 0.5) is 20.9 Å². The molecule has 2 N–H and O–H groups in total. The maximum absolute atomic E-state index is 13.6. The molecule has 0 aliphatic rings. The van der Waals surface area contributed by atoms with Crippen LogP contribution in [0.15, 0.2) is 23.6 Å². The topological polar surface area (TPSA) is 42.1 Å². The Balaban J connectivity index is 2.37. The summed E-state index contributed by atoms with van der Waals surface area (Å²) in [6.07, 6.45) is 0. The standard InChI is InChI=1S/C11H12FN3S/c1-7-6-16-11(14-7)15(2)10-4-3-8(13)5-9(10)12/h3-6H,13H2,1-2H3. The Kier molecular flexibility index (Phi) is 2.78. The third kappa shape index (κ3) is 1.99. The molecule has 5 heteroatoms.